The smallest absolute Gasteiger partial charge is 0.331 e. The van der Waals surface area contributed by atoms with Crippen molar-refractivity contribution in [2.45, 2.75) is 24.8 Å². The highest BCUT2D eigenvalue weighted by atomic mass is 35.5. The fourth-order valence-corrected chi connectivity index (χ4v) is 2.38. The van der Waals surface area contributed by atoms with E-state index in [2.05, 4.69) is 0 Å². The highest BCUT2D eigenvalue weighted by molar-refractivity contribution is 6.18. The Bertz CT molecular complexity index is 551. The molecule has 8 heteroatoms. The average molecular weight is 329 g/mol. The van der Waals surface area contributed by atoms with Crippen LogP contribution in [0.2, 0.25) is 0 Å². The minimum Gasteiger partial charge on any atom is -0.481 e. The molecule has 1 unspecified atom stereocenters. The van der Waals surface area contributed by atoms with Crippen molar-refractivity contribution in [2.75, 3.05) is 5.88 Å². The van der Waals surface area contributed by atoms with Crippen LogP contribution in [0.3, 0.4) is 0 Å². The minimum atomic E-state index is -1.87. The zero-order valence-corrected chi connectivity index (χ0v) is 12.5. The molecule has 0 heterocycles. The van der Waals surface area contributed by atoms with E-state index in [0.29, 0.717) is 5.01 Å². The Balaban J connectivity index is 3.15. The van der Waals surface area contributed by atoms with Gasteiger partial charge < -0.3 is 10.2 Å². The van der Waals surface area contributed by atoms with Gasteiger partial charge in [-0.3, -0.25) is 14.6 Å². The maximum Gasteiger partial charge on any atom is 0.331 e. The van der Waals surface area contributed by atoms with Crippen molar-refractivity contribution in [3.63, 3.8) is 0 Å². The van der Waals surface area contributed by atoms with Crippen molar-refractivity contribution in [1.82, 2.24) is 5.01 Å². The highest BCUT2D eigenvalue weighted by Gasteiger charge is 2.45. The summed E-state index contributed by atoms with van der Waals surface area (Å²) in [7, 11) is 0. The van der Waals surface area contributed by atoms with Gasteiger partial charge in [-0.1, -0.05) is 18.2 Å². The van der Waals surface area contributed by atoms with Gasteiger partial charge in [0.25, 0.3) is 5.91 Å². The molecule has 1 rings (SSSR count). The fourth-order valence-electron chi connectivity index (χ4n) is 2.07. The van der Waals surface area contributed by atoms with Gasteiger partial charge in [-0.2, -0.15) is 0 Å². The van der Waals surface area contributed by atoms with Crippen LogP contribution in [-0.2, 0) is 9.59 Å². The molecule has 1 aromatic rings. The van der Waals surface area contributed by atoms with Gasteiger partial charge in [-0.25, -0.2) is 10.6 Å². The predicted octanol–water partition coefficient (Wildman–Crippen LogP) is 1.32. The lowest BCUT2D eigenvalue weighted by atomic mass is 9.89. The topological polar surface area (TPSA) is 121 Å². The van der Waals surface area contributed by atoms with Crippen LogP contribution in [0.25, 0.3) is 0 Å². The largest absolute Gasteiger partial charge is 0.481 e. The summed E-state index contributed by atoms with van der Waals surface area (Å²) in [5, 5.41) is 18.9. The van der Waals surface area contributed by atoms with Crippen molar-refractivity contribution in [3.05, 3.63) is 35.9 Å². The van der Waals surface area contributed by atoms with Gasteiger partial charge in [0, 0.05) is 17.9 Å². The normalized spacial score (nSPS) is 13.2. The first-order valence-corrected chi connectivity index (χ1v) is 7.04. The molecule has 0 radical (unpaired) electrons. The summed E-state index contributed by atoms with van der Waals surface area (Å²) in [6.45, 7) is 0. The van der Waals surface area contributed by atoms with E-state index in [-0.39, 0.29) is 24.3 Å². The molecule has 0 bridgehead atoms. The van der Waals surface area contributed by atoms with Crippen LogP contribution in [0.4, 0.5) is 0 Å². The van der Waals surface area contributed by atoms with Crippen LogP contribution >= 0.6 is 11.6 Å². The van der Waals surface area contributed by atoms with Crippen LogP contribution < -0.4 is 5.84 Å². The zero-order chi connectivity index (χ0) is 16.8. The second kappa shape index (κ2) is 7.77. The number of hydrogen-bond acceptors (Lipinski definition) is 4. The molecule has 0 spiro atoms. The number of alkyl halides is 1. The fraction of sp³-hybridized carbons (Fsp3) is 0.357. The Morgan fingerprint density at radius 2 is 1.73 bits per heavy atom. The zero-order valence-electron chi connectivity index (χ0n) is 11.7. The van der Waals surface area contributed by atoms with Crippen LogP contribution in [-0.4, -0.2) is 44.5 Å². The Kier molecular flexibility index (Phi) is 6.33. The van der Waals surface area contributed by atoms with Gasteiger partial charge in [-0.05, 0) is 25.0 Å². The summed E-state index contributed by atoms with van der Waals surface area (Å²) in [4.78, 5) is 34.8. The molecular weight excluding hydrogens is 312 g/mol. The third-order valence-corrected chi connectivity index (χ3v) is 3.55. The molecular formula is C14H17ClN2O5. The number of carboxylic acids is 2. The van der Waals surface area contributed by atoms with Gasteiger partial charge in [0.1, 0.15) is 0 Å². The lowest BCUT2D eigenvalue weighted by Gasteiger charge is -2.37. The Hall–Kier alpha value is -2.12. The molecule has 7 nitrogen and oxygen atoms in total. The average Bonchev–Trinajstić information content (AvgIpc) is 2.50. The number of rotatable bonds is 8. The van der Waals surface area contributed by atoms with Gasteiger partial charge in [0.2, 0.25) is 0 Å². The predicted molar refractivity (Wildman–Crippen MR) is 79.4 cm³/mol. The molecule has 1 amide bonds. The first-order chi connectivity index (χ1) is 10.3. The van der Waals surface area contributed by atoms with Crippen molar-refractivity contribution >= 4 is 29.4 Å². The molecule has 1 atom stereocenters. The van der Waals surface area contributed by atoms with Crippen LogP contribution in [0.5, 0.6) is 0 Å². The quantitative estimate of drug-likeness (QED) is 0.286. The van der Waals surface area contributed by atoms with Crippen molar-refractivity contribution in [1.29, 1.82) is 0 Å². The van der Waals surface area contributed by atoms with E-state index in [1.807, 2.05) is 0 Å². The molecule has 0 aromatic heterocycles. The van der Waals surface area contributed by atoms with Gasteiger partial charge >= 0.3 is 11.9 Å². The lowest BCUT2D eigenvalue weighted by molar-refractivity contribution is -0.152. The molecule has 0 aliphatic rings. The van der Waals surface area contributed by atoms with Crippen LogP contribution in [0.15, 0.2) is 30.3 Å². The van der Waals surface area contributed by atoms with Crippen molar-refractivity contribution in [2.24, 2.45) is 5.84 Å². The summed E-state index contributed by atoms with van der Waals surface area (Å²) in [5.41, 5.74) is -1.66. The van der Waals surface area contributed by atoms with E-state index >= 15 is 0 Å². The molecule has 0 fully saturated rings. The molecule has 0 saturated heterocycles. The van der Waals surface area contributed by atoms with E-state index in [0.717, 1.165) is 0 Å². The Morgan fingerprint density at radius 1 is 1.14 bits per heavy atom. The van der Waals surface area contributed by atoms with E-state index in [1.54, 1.807) is 18.2 Å². The molecule has 0 aliphatic carbocycles. The number of halogens is 1. The van der Waals surface area contributed by atoms with Crippen LogP contribution in [0.1, 0.15) is 29.6 Å². The number of hydrazine groups is 1. The minimum absolute atomic E-state index is 0.0817. The summed E-state index contributed by atoms with van der Waals surface area (Å²) in [6.07, 6.45) is -0.940. The summed E-state index contributed by atoms with van der Waals surface area (Å²) < 4.78 is 0. The van der Waals surface area contributed by atoms with Crippen LogP contribution in [0, 0.1) is 0 Å². The number of amides is 1. The highest BCUT2D eigenvalue weighted by Crippen LogP contribution is 2.26. The number of nitrogens with two attached hydrogens (primary N) is 1. The Morgan fingerprint density at radius 3 is 2.18 bits per heavy atom. The number of carbonyl (C=O) groups is 3. The summed E-state index contributed by atoms with van der Waals surface area (Å²) in [6, 6.07) is 7.91. The maximum atomic E-state index is 12.4. The van der Waals surface area contributed by atoms with E-state index in [1.165, 1.54) is 12.1 Å². The lowest BCUT2D eigenvalue weighted by Crippen LogP contribution is -2.61. The van der Waals surface area contributed by atoms with E-state index in [4.69, 9.17) is 22.6 Å². The molecule has 0 aliphatic heterocycles. The Labute approximate surface area is 132 Å². The first-order valence-electron chi connectivity index (χ1n) is 6.50. The number of aliphatic carboxylic acids is 2. The van der Waals surface area contributed by atoms with Gasteiger partial charge in [0.15, 0.2) is 5.54 Å². The first kappa shape index (κ1) is 17.9. The standard InChI is InChI=1S/C14H17ClN2O5/c15-9-8-14(13(21)22,7-6-11(18)19)17(16)12(20)10-4-2-1-3-5-10/h1-5H,6-9,16H2,(H,18,19)(H,21,22). The number of carboxylic acid groups (broad SMARTS) is 2. The second-order valence-corrected chi connectivity index (χ2v) is 5.09. The van der Waals surface area contributed by atoms with Crippen molar-refractivity contribution in [3.8, 4) is 0 Å². The molecule has 4 N–H and O–H groups in total. The SMILES string of the molecule is NN(C(=O)c1ccccc1)C(CCCl)(CCC(=O)O)C(=O)O. The van der Waals surface area contributed by atoms with Gasteiger partial charge in [0.05, 0.1) is 0 Å². The summed E-state index contributed by atoms with van der Waals surface area (Å²) in [5.74, 6) is 2.39. The molecule has 120 valence electrons. The molecule has 0 saturated carbocycles. The van der Waals surface area contributed by atoms with E-state index < -0.39 is 29.8 Å². The number of nitrogens with zero attached hydrogens (tertiary/aromatic N) is 1. The van der Waals surface area contributed by atoms with Gasteiger partial charge in [-0.15, -0.1) is 11.6 Å². The third-order valence-electron chi connectivity index (χ3n) is 3.36. The third kappa shape index (κ3) is 3.96. The molecule has 22 heavy (non-hydrogen) atoms. The molecule has 1 aromatic carbocycles. The monoisotopic (exact) mass is 328 g/mol. The maximum absolute atomic E-state index is 12.4. The number of carbonyl (C=O) groups excluding carboxylic acids is 1. The van der Waals surface area contributed by atoms with Crippen molar-refractivity contribution < 1.29 is 24.6 Å². The second-order valence-electron chi connectivity index (χ2n) is 4.71. The van der Waals surface area contributed by atoms with E-state index in [9.17, 15) is 19.5 Å². The number of hydrogen-bond donors (Lipinski definition) is 3. The number of benzene rings is 1. The summed E-state index contributed by atoms with van der Waals surface area (Å²) >= 11 is 5.64.